The molecule has 2 aromatic rings. The van der Waals surface area contributed by atoms with Gasteiger partial charge >= 0.3 is 0 Å². The third kappa shape index (κ3) is 1.72. The van der Waals surface area contributed by atoms with Crippen molar-refractivity contribution in [1.82, 2.24) is 0 Å². The van der Waals surface area contributed by atoms with Crippen molar-refractivity contribution >= 4 is 17.4 Å². The molecule has 0 amide bonds. The van der Waals surface area contributed by atoms with Gasteiger partial charge in [0, 0.05) is 6.42 Å². The molecule has 2 aliphatic rings. The van der Waals surface area contributed by atoms with Crippen LogP contribution in [-0.4, -0.2) is 5.78 Å². The summed E-state index contributed by atoms with van der Waals surface area (Å²) in [5, 5.41) is 4.93. The lowest BCUT2D eigenvalue weighted by molar-refractivity contribution is -0.119. The van der Waals surface area contributed by atoms with Gasteiger partial charge in [0.25, 0.3) is 0 Å². The van der Waals surface area contributed by atoms with Crippen LogP contribution in [0.5, 0.6) is 0 Å². The quantitative estimate of drug-likeness (QED) is 0.791. The van der Waals surface area contributed by atoms with Gasteiger partial charge in [-0.2, -0.15) is 0 Å². The lowest BCUT2D eigenvalue weighted by Crippen LogP contribution is -2.33. The van der Waals surface area contributed by atoms with Gasteiger partial charge in [-0.3, -0.25) is 4.79 Å². The molecule has 0 saturated carbocycles. The fourth-order valence-corrected chi connectivity index (χ4v) is 3.62. The number of ketones is 1. The lowest BCUT2D eigenvalue weighted by atomic mass is 9.84. The predicted octanol–water partition coefficient (Wildman–Crippen LogP) is 1.45. The molecular weight excluding hydrogens is 258 g/mol. The molecule has 1 unspecified atom stereocenters. The molecule has 0 radical (unpaired) electrons. The molecule has 0 saturated heterocycles. The molecule has 1 atom stereocenters. The Morgan fingerprint density at radius 2 is 1.81 bits per heavy atom. The van der Waals surface area contributed by atoms with E-state index >= 15 is 0 Å². The molecule has 21 heavy (non-hydrogen) atoms. The smallest absolute Gasteiger partial charge is 0.157 e. The highest BCUT2D eigenvalue weighted by atomic mass is 16.1. The van der Waals surface area contributed by atoms with Gasteiger partial charge in [-0.15, -0.1) is 0 Å². The highest BCUT2D eigenvalue weighted by molar-refractivity contribution is 5.91. The van der Waals surface area contributed by atoms with E-state index in [2.05, 4.69) is 43.3 Å². The number of hydrogen-bond acceptors (Lipinski definition) is 2. The van der Waals surface area contributed by atoms with Gasteiger partial charge in [0.05, 0.1) is 6.04 Å². The Hall–Kier alpha value is -2.19. The van der Waals surface area contributed by atoms with Crippen molar-refractivity contribution in [3.63, 3.8) is 0 Å². The summed E-state index contributed by atoms with van der Waals surface area (Å²) in [6, 6.07) is 12.3. The van der Waals surface area contributed by atoms with E-state index in [1.54, 1.807) is 0 Å². The number of carbonyl (C=O) groups excluding carboxylic acids is 1. The standard InChI is InChI=1S/C19H17NO/c1-11-10-16-15(14-5-3-2-4-13(11)14)8-6-12-7-9-17(21)19(20)18(12)16/h2-8,19H,9-10,20H2,1H3. The molecule has 4 rings (SSSR count). The van der Waals surface area contributed by atoms with Crippen LogP contribution in [0.1, 0.15) is 30.5 Å². The highest BCUT2D eigenvalue weighted by Gasteiger charge is 2.24. The average Bonchev–Trinajstić information content (AvgIpc) is 2.51. The third-order valence-corrected chi connectivity index (χ3v) is 4.69. The van der Waals surface area contributed by atoms with Gasteiger partial charge in [0.1, 0.15) is 0 Å². The first-order chi connectivity index (χ1) is 10.2. The van der Waals surface area contributed by atoms with Crippen molar-refractivity contribution in [2.45, 2.75) is 25.8 Å². The molecule has 2 nitrogen and oxygen atoms in total. The predicted molar refractivity (Wildman–Crippen MR) is 83.6 cm³/mol. The Morgan fingerprint density at radius 3 is 2.62 bits per heavy atom. The van der Waals surface area contributed by atoms with Crippen LogP contribution in [0, 0.1) is 10.4 Å². The Morgan fingerprint density at radius 1 is 1.05 bits per heavy atom. The number of benzene rings is 2. The molecule has 0 bridgehead atoms. The van der Waals surface area contributed by atoms with Crippen molar-refractivity contribution in [3.8, 4) is 0 Å². The van der Waals surface area contributed by atoms with Gasteiger partial charge in [-0.25, -0.2) is 0 Å². The number of hydrogen-bond donors (Lipinski definition) is 1. The minimum atomic E-state index is -0.474. The molecule has 2 aliphatic carbocycles. The summed E-state index contributed by atoms with van der Waals surface area (Å²) in [6.45, 7) is 2.17. The minimum absolute atomic E-state index is 0.118. The van der Waals surface area contributed by atoms with Crippen molar-refractivity contribution < 1.29 is 4.79 Å². The van der Waals surface area contributed by atoms with E-state index in [0.29, 0.717) is 6.42 Å². The summed E-state index contributed by atoms with van der Waals surface area (Å²) in [4.78, 5) is 12.0. The van der Waals surface area contributed by atoms with Gasteiger partial charge in [0.2, 0.25) is 0 Å². The SMILES string of the molecule is CC1=c2ccccc2=c2ccc3c(c2C1)C(N)C(=O)CC=3. The molecule has 2 heteroatoms. The topological polar surface area (TPSA) is 43.1 Å². The van der Waals surface area contributed by atoms with Crippen LogP contribution in [0.3, 0.4) is 0 Å². The molecular formula is C19H17NO. The second kappa shape index (κ2) is 4.40. The van der Waals surface area contributed by atoms with E-state index in [1.807, 2.05) is 6.08 Å². The van der Waals surface area contributed by atoms with Gasteiger partial charge in [0.15, 0.2) is 5.78 Å². The van der Waals surface area contributed by atoms with Crippen LogP contribution in [0.25, 0.3) is 11.6 Å². The second-order valence-corrected chi connectivity index (χ2v) is 5.95. The van der Waals surface area contributed by atoms with Crippen molar-refractivity contribution in [1.29, 1.82) is 0 Å². The lowest BCUT2D eigenvalue weighted by Gasteiger charge is -2.22. The number of carbonyl (C=O) groups is 1. The van der Waals surface area contributed by atoms with Crippen LogP contribution in [0.4, 0.5) is 0 Å². The Balaban J connectivity index is 2.24. The fraction of sp³-hybridized carbons (Fsp3) is 0.211. The van der Waals surface area contributed by atoms with Crippen LogP contribution in [0.2, 0.25) is 0 Å². The number of Topliss-reactive ketones (excluding diaryl/α,β-unsaturated/α-hetero) is 1. The first kappa shape index (κ1) is 12.5. The van der Waals surface area contributed by atoms with E-state index in [-0.39, 0.29) is 5.78 Å². The molecule has 2 N–H and O–H groups in total. The van der Waals surface area contributed by atoms with Gasteiger partial charge in [-0.05, 0) is 45.3 Å². The summed E-state index contributed by atoms with van der Waals surface area (Å²) in [6.07, 6.45) is 3.34. The van der Waals surface area contributed by atoms with Crippen molar-refractivity contribution in [2.24, 2.45) is 5.73 Å². The Labute approximate surface area is 122 Å². The molecule has 2 aromatic carbocycles. The summed E-state index contributed by atoms with van der Waals surface area (Å²) < 4.78 is 0. The monoisotopic (exact) mass is 275 g/mol. The zero-order chi connectivity index (χ0) is 14.6. The molecule has 0 aliphatic heterocycles. The summed E-state index contributed by atoms with van der Waals surface area (Å²) in [7, 11) is 0. The highest BCUT2D eigenvalue weighted by Crippen LogP contribution is 2.23. The first-order valence-electron chi connectivity index (χ1n) is 7.36. The summed E-state index contributed by atoms with van der Waals surface area (Å²) >= 11 is 0. The minimum Gasteiger partial charge on any atom is -0.318 e. The van der Waals surface area contributed by atoms with Gasteiger partial charge in [-0.1, -0.05) is 48.0 Å². The van der Waals surface area contributed by atoms with E-state index in [9.17, 15) is 4.79 Å². The fourth-order valence-electron chi connectivity index (χ4n) is 3.62. The average molecular weight is 275 g/mol. The largest absolute Gasteiger partial charge is 0.318 e. The molecule has 104 valence electrons. The summed E-state index contributed by atoms with van der Waals surface area (Å²) in [5.41, 5.74) is 9.82. The molecule has 0 aromatic heterocycles. The van der Waals surface area contributed by atoms with Crippen molar-refractivity contribution in [2.75, 3.05) is 0 Å². The second-order valence-electron chi connectivity index (χ2n) is 5.95. The Kier molecular flexibility index (Phi) is 2.63. The zero-order valence-electron chi connectivity index (χ0n) is 12.0. The third-order valence-electron chi connectivity index (χ3n) is 4.69. The number of nitrogens with two attached hydrogens (primary N) is 1. The maximum absolute atomic E-state index is 12.0. The van der Waals surface area contributed by atoms with Crippen molar-refractivity contribution in [3.05, 3.63) is 68.4 Å². The number of rotatable bonds is 0. The van der Waals surface area contributed by atoms with E-state index < -0.39 is 6.04 Å². The van der Waals surface area contributed by atoms with Crippen LogP contribution < -0.4 is 16.2 Å². The molecule has 0 fully saturated rings. The van der Waals surface area contributed by atoms with E-state index in [0.717, 1.165) is 17.2 Å². The van der Waals surface area contributed by atoms with Crippen LogP contribution >= 0.6 is 0 Å². The number of fused-ring (bicyclic) bond motifs is 4. The first-order valence-corrected chi connectivity index (χ1v) is 7.36. The molecule has 0 heterocycles. The maximum Gasteiger partial charge on any atom is 0.157 e. The van der Waals surface area contributed by atoms with Crippen LogP contribution in [-0.2, 0) is 11.2 Å². The normalized spacial score (nSPS) is 19.4. The Bertz CT molecular complexity index is 985. The van der Waals surface area contributed by atoms with E-state index in [1.165, 1.54) is 26.8 Å². The maximum atomic E-state index is 12.0. The zero-order valence-corrected chi connectivity index (χ0v) is 12.0. The van der Waals surface area contributed by atoms with Gasteiger partial charge < -0.3 is 5.73 Å². The summed E-state index contributed by atoms with van der Waals surface area (Å²) in [5.74, 6) is 0.118. The molecule has 0 spiro atoms. The van der Waals surface area contributed by atoms with Crippen LogP contribution in [0.15, 0.2) is 36.4 Å². The van der Waals surface area contributed by atoms with E-state index in [4.69, 9.17) is 5.73 Å².